The quantitative estimate of drug-likeness (QED) is 0.321. The van der Waals surface area contributed by atoms with Crippen LogP contribution in [0.3, 0.4) is 0 Å². The molecule has 3 aromatic carbocycles. The van der Waals surface area contributed by atoms with E-state index in [1.807, 2.05) is 24.3 Å². The van der Waals surface area contributed by atoms with E-state index in [-0.39, 0.29) is 5.78 Å². The Bertz CT molecular complexity index is 1020. The first-order valence-electron chi connectivity index (χ1n) is 7.71. The van der Waals surface area contributed by atoms with Gasteiger partial charge < -0.3 is 0 Å². The van der Waals surface area contributed by atoms with Crippen molar-refractivity contribution in [3.8, 4) is 22.3 Å². The highest BCUT2D eigenvalue weighted by Crippen LogP contribution is 2.40. The summed E-state index contributed by atoms with van der Waals surface area (Å²) in [4.78, 5) is 12.8. The van der Waals surface area contributed by atoms with Crippen LogP contribution in [0.5, 0.6) is 0 Å². The maximum atomic E-state index is 12.8. The fraction of sp³-hybridized carbons (Fsp3) is 0.0952. The molecule has 4 rings (SSSR count). The van der Waals surface area contributed by atoms with Crippen LogP contribution < -0.4 is 0 Å². The highest BCUT2D eigenvalue weighted by atomic mass is 79.9. The Labute approximate surface area is 158 Å². The van der Waals surface area contributed by atoms with Crippen molar-refractivity contribution in [1.82, 2.24) is 0 Å². The molecule has 24 heavy (non-hydrogen) atoms. The number of rotatable bonds is 1. The Morgan fingerprint density at radius 3 is 2.08 bits per heavy atom. The largest absolute Gasteiger partial charge is 0.289 e. The number of carbonyl (C=O) groups is 1. The second-order valence-electron chi connectivity index (χ2n) is 6.20. The van der Waals surface area contributed by atoms with Crippen LogP contribution in [-0.4, -0.2) is 5.78 Å². The van der Waals surface area contributed by atoms with Gasteiger partial charge in [-0.15, -0.1) is 0 Å². The third-order valence-corrected chi connectivity index (χ3v) is 5.94. The van der Waals surface area contributed by atoms with Crippen LogP contribution in [0.4, 0.5) is 0 Å². The molecule has 0 unspecified atom stereocenters. The SMILES string of the molecule is Cc1cc(-c2ccc3c(c2)C(=O)c2cc(Br)ccc2-3)c(C)cc1Br. The zero-order chi connectivity index (χ0) is 17.0. The topological polar surface area (TPSA) is 17.1 Å². The lowest BCUT2D eigenvalue weighted by Gasteiger charge is -2.11. The van der Waals surface area contributed by atoms with Gasteiger partial charge in [0.15, 0.2) is 5.78 Å². The fourth-order valence-electron chi connectivity index (χ4n) is 3.31. The second-order valence-corrected chi connectivity index (χ2v) is 7.97. The molecule has 0 fully saturated rings. The number of halogens is 2. The molecule has 3 aromatic rings. The summed E-state index contributed by atoms with van der Waals surface area (Å²) in [6.07, 6.45) is 0. The normalized spacial score (nSPS) is 12.2. The molecule has 1 aliphatic rings. The fourth-order valence-corrected chi connectivity index (χ4v) is 4.13. The highest BCUT2D eigenvalue weighted by molar-refractivity contribution is 9.10. The molecule has 0 saturated heterocycles. The molecule has 0 aromatic heterocycles. The predicted molar refractivity (Wildman–Crippen MR) is 106 cm³/mol. The zero-order valence-corrected chi connectivity index (χ0v) is 16.5. The summed E-state index contributed by atoms with van der Waals surface area (Å²) >= 11 is 7.04. The Hall–Kier alpha value is -1.71. The van der Waals surface area contributed by atoms with E-state index in [4.69, 9.17) is 0 Å². The summed E-state index contributed by atoms with van der Waals surface area (Å²) in [7, 11) is 0. The summed E-state index contributed by atoms with van der Waals surface area (Å²) in [5.41, 5.74) is 8.25. The Balaban J connectivity index is 1.89. The van der Waals surface area contributed by atoms with Gasteiger partial charge in [0.05, 0.1) is 0 Å². The minimum Gasteiger partial charge on any atom is -0.289 e. The molecular weight excluding hydrogens is 428 g/mol. The summed E-state index contributed by atoms with van der Waals surface area (Å²) < 4.78 is 2.04. The maximum Gasteiger partial charge on any atom is 0.194 e. The van der Waals surface area contributed by atoms with Gasteiger partial charge >= 0.3 is 0 Å². The van der Waals surface area contributed by atoms with Crippen LogP contribution in [0, 0.1) is 13.8 Å². The van der Waals surface area contributed by atoms with Gasteiger partial charge in [0.1, 0.15) is 0 Å². The first kappa shape index (κ1) is 15.8. The lowest BCUT2D eigenvalue weighted by molar-refractivity contribution is 0.104. The molecule has 1 nitrogen and oxygen atoms in total. The number of aryl methyl sites for hydroxylation is 2. The molecule has 3 heteroatoms. The zero-order valence-electron chi connectivity index (χ0n) is 13.3. The number of fused-ring (bicyclic) bond motifs is 3. The van der Waals surface area contributed by atoms with E-state index in [0.717, 1.165) is 36.8 Å². The molecule has 0 bridgehead atoms. The first-order valence-corrected chi connectivity index (χ1v) is 9.30. The van der Waals surface area contributed by atoms with Crippen LogP contribution in [-0.2, 0) is 0 Å². The molecule has 118 valence electrons. The van der Waals surface area contributed by atoms with Crippen LogP contribution >= 0.6 is 31.9 Å². The second kappa shape index (κ2) is 5.68. The summed E-state index contributed by atoms with van der Waals surface area (Å²) in [6.45, 7) is 4.18. The van der Waals surface area contributed by atoms with Crippen molar-refractivity contribution in [2.24, 2.45) is 0 Å². The van der Waals surface area contributed by atoms with Crippen molar-refractivity contribution in [3.05, 3.63) is 79.7 Å². The molecule has 0 radical (unpaired) electrons. The van der Waals surface area contributed by atoms with E-state index in [1.54, 1.807) is 0 Å². The average molecular weight is 442 g/mol. The van der Waals surface area contributed by atoms with Gasteiger partial charge in [0, 0.05) is 20.1 Å². The minimum atomic E-state index is 0.106. The number of hydrogen-bond acceptors (Lipinski definition) is 1. The van der Waals surface area contributed by atoms with Gasteiger partial charge in [-0.05, 0) is 71.5 Å². The van der Waals surface area contributed by atoms with Gasteiger partial charge in [-0.2, -0.15) is 0 Å². The minimum absolute atomic E-state index is 0.106. The molecule has 0 spiro atoms. The monoisotopic (exact) mass is 440 g/mol. The summed E-state index contributed by atoms with van der Waals surface area (Å²) in [6, 6.07) is 16.4. The van der Waals surface area contributed by atoms with Gasteiger partial charge in [-0.1, -0.05) is 56.1 Å². The maximum absolute atomic E-state index is 12.8. The van der Waals surface area contributed by atoms with Gasteiger partial charge in [0.2, 0.25) is 0 Å². The summed E-state index contributed by atoms with van der Waals surface area (Å²) in [5.74, 6) is 0.106. The number of hydrogen-bond donors (Lipinski definition) is 0. The van der Waals surface area contributed by atoms with E-state index < -0.39 is 0 Å². The lowest BCUT2D eigenvalue weighted by atomic mass is 9.95. The van der Waals surface area contributed by atoms with Crippen molar-refractivity contribution in [2.45, 2.75) is 13.8 Å². The van der Waals surface area contributed by atoms with E-state index in [2.05, 4.69) is 70.0 Å². The van der Waals surface area contributed by atoms with Gasteiger partial charge in [0.25, 0.3) is 0 Å². The molecule has 0 saturated carbocycles. The Morgan fingerprint density at radius 2 is 1.33 bits per heavy atom. The molecule has 0 aliphatic heterocycles. The van der Waals surface area contributed by atoms with Gasteiger partial charge in [-0.3, -0.25) is 4.79 Å². The average Bonchev–Trinajstić information content (AvgIpc) is 2.83. The number of ketones is 1. The molecule has 0 heterocycles. The standard InChI is InChI=1S/C21H14Br2O/c1-11-8-20(23)12(2)7-17(11)13-3-5-15-16-6-4-14(22)10-19(16)21(24)18(15)9-13/h3-10H,1-2H3. The van der Waals surface area contributed by atoms with Crippen molar-refractivity contribution in [3.63, 3.8) is 0 Å². The molecular formula is C21H14Br2O. The van der Waals surface area contributed by atoms with Crippen LogP contribution in [0.25, 0.3) is 22.3 Å². The Morgan fingerprint density at radius 1 is 0.667 bits per heavy atom. The van der Waals surface area contributed by atoms with Crippen molar-refractivity contribution in [1.29, 1.82) is 0 Å². The summed E-state index contributed by atoms with van der Waals surface area (Å²) in [5, 5.41) is 0. The molecule has 0 N–H and O–H groups in total. The van der Waals surface area contributed by atoms with Crippen LogP contribution in [0.15, 0.2) is 57.5 Å². The van der Waals surface area contributed by atoms with Crippen LogP contribution in [0.1, 0.15) is 27.0 Å². The number of carbonyl (C=O) groups excluding carboxylic acids is 1. The molecule has 0 atom stereocenters. The smallest absolute Gasteiger partial charge is 0.194 e. The Kier molecular flexibility index (Phi) is 3.74. The molecule has 1 aliphatic carbocycles. The third-order valence-electron chi connectivity index (χ3n) is 4.60. The lowest BCUT2D eigenvalue weighted by Crippen LogP contribution is -1.96. The van der Waals surface area contributed by atoms with E-state index in [0.29, 0.717) is 0 Å². The first-order chi connectivity index (χ1) is 11.5. The van der Waals surface area contributed by atoms with Crippen molar-refractivity contribution in [2.75, 3.05) is 0 Å². The van der Waals surface area contributed by atoms with Gasteiger partial charge in [-0.25, -0.2) is 0 Å². The molecule has 0 amide bonds. The van der Waals surface area contributed by atoms with E-state index >= 15 is 0 Å². The third kappa shape index (κ3) is 2.38. The van der Waals surface area contributed by atoms with Crippen molar-refractivity contribution >= 4 is 37.6 Å². The predicted octanol–water partition coefficient (Wildman–Crippen LogP) is 6.71. The van der Waals surface area contributed by atoms with Crippen LogP contribution in [0.2, 0.25) is 0 Å². The highest BCUT2D eigenvalue weighted by Gasteiger charge is 2.27. The van der Waals surface area contributed by atoms with Crippen molar-refractivity contribution < 1.29 is 4.79 Å². The van der Waals surface area contributed by atoms with E-state index in [1.165, 1.54) is 16.7 Å². The van der Waals surface area contributed by atoms with E-state index in [9.17, 15) is 4.79 Å². The number of benzene rings is 3.